The average Bonchev–Trinajstić information content (AvgIpc) is 3.01. The molecule has 0 spiro atoms. The second-order valence-corrected chi connectivity index (χ2v) is 7.21. The smallest absolute Gasteiger partial charge is 0.231 e. The summed E-state index contributed by atoms with van der Waals surface area (Å²) in [5.74, 6) is 1.43. The molecule has 0 atom stereocenters. The van der Waals surface area contributed by atoms with Crippen molar-refractivity contribution in [3.8, 4) is 0 Å². The van der Waals surface area contributed by atoms with Crippen molar-refractivity contribution in [1.82, 2.24) is 4.90 Å². The number of amides is 1. The van der Waals surface area contributed by atoms with Gasteiger partial charge in [0.1, 0.15) is 0 Å². The monoisotopic (exact) mass is 316 g/mol. The predicted molar refractivity (Wildman–Crippen MR) is 93.1 cm³/mol. The van der Waals surface area contributed by atoms with Crippen LogP contribution in [0.15, 0.2) is 29.3 Å². The zero-order valence-corrected chi connectivity index (χ0v) is 14.1. The molecule has 3 nitrogen and oxygen atoms in total. The largest absolute Gasteiger partial charge is 0.289 e. The molecule has 1 amide bonds. The summed E-state index contributed by atoms with van der Waals surface area (Å²) < 4.78 is 0. The average molecular weight is 316 g/mol. The van der Waals surface area contributed by atoms with Crippen molar-refractivity contribution in [2.75, 3.05) is 13.1 Å². The maximum absolute atomic E-state index is 12.7. The highest BCUT2D eigenvalue weighted by molar-refractivity contribution is 8.13. The van der Waals surface area contributed by atoms with Crippen LogP contribution in [0.4, 0.5) is 0 Å². The molecule has 1 aromatic carbocycles. The van der Waals surface area contributed by atoms with Crippen molar-refractivity contribution in [2.45, 2.75) is 44.8 Å². The molecule has 0 radical (unpaired) electrons. The maximum atomic E-state index is 12.7. The van der Waals surface area contributed by atoms with Crippen molar-refractivity contribution in [3.05, 3.63) is 35.4 Å². The highest BCUT2D eigenvalue weighted by Crippen LogP contribution is 2.28. The summed E-state index contributed by atoms with van der Waals surface area (Å²) in [7, 11) is 0. The standard InChI is InChI=1S/C18H24N2OS/c1-14-6-5-7-15(12-14)13-22-18-19-10-11-20(18)17(21)16-8-3-2-4-9-16/h5-7,12,16H,2-4,8-11,13H2,1H3. The number of thioether (sulfide) groups is 1. The van der Waals surface area contributed by atoms with Crippen LogP contribution in [0.5, 0.6) is 0 Å². The van der Waals surface area contributed by atoms with Gasteiger partial charge in [0.25, 0.3) is 0 Å². The second kappa shape index (κ2) is 7.32. The number of aliphatic imine (C=N–C) groups is 1. The molecule has 118 valence electrons. The van der Waals surface area contributed by atoms with Crippen molar-refractivity contribution in [3.63, 3.8) is 0 Å². The Kier molecular flexibility index (Phi) is 5.19. The fourth-order valence-electron chi connectivity index (χ4n) is 3.27. The van der Waals surface area contributed by atoms with Gasteiger partial charge in [0, 0.05) is 18.2 Å². The third kappa shape index (κ3) is 3.72. The summed E-state index contributed by atoms with van der Waals surface area (Å²) in [6.45, 7) is 3.64. The van der Waals surface area contributed by atoms with E-state index in [0.29, 0.717) is 5.91 Å². The first-order valence-electron chi connectivity index (χ1n) is 8.28. The molecule has 4 heteroatoms. The van der Waals surface area contributed by atoms with Gasteiger partial charge in [-0.2, -0.15) is 0 Å². The molecule has 1 aromatic rings. The van der Waals surface area contributed by atoms with Gasteiger partial charge in [-0.1, -0.05) is 60.9 Å². The minimum atomic E-state index is 0.233. The van der Waals surface area contributed by atoms with Crippen LogP contribution in [0.3, 0.4) is 0 Å². The number of carbonyl (C=O) groups excluding carboxylic acids is 1. The Labute approximate surface area is 137 Å². The van der Waals surface area contributed by atoms with Crippen molar-refractivity contribution < 1.29 is 4.79 Å². The molecular formula is C18H24N2OS. The SMILES string of the molecule is Cc1cccc(CSC2=NCCN2C(=O)C2CCCCC2)c1. The van der Waals surface area contributed by atoms with Gasteiger partial charge in [0.2, 0.25) is 5.91 Å². The van der Waals surface area contributed by atoms with E-state index in [1.807, 2.05) is 4.90 Å². The molecule has 1 aliphatic heterocycles. The minimum Gasteiger partial charge on any atom is -0.289 e. The van der Waals surface area contributed by atoms with E-state index in [-0.39, 0.29) is 5.92 Å². The van der Waals surface area contributed by atoms with Gasteiger partial charge in [-0.3, -0.25) is 14.7 Å². The highest BCUT2D eigenvalue weighted by atomic mass is 32.2. The number of amidine groups is 1. The molecule has 1 fully saturated rings. The predicted octanol–water partition coefficient (Wildman–Crippen LogP) is 4.01. The topological polar surface area (TPSA) is 32.7 Å². The number of nitrogens with zero attached hydrogens (tertiary/aromatic N) is 2. The van der Waals surface area contributed by atoms with Crippen molar-refractivity contribution in [2.24, 2.45) is 10.9 Å². The number of carbonyl (C=O) groups is 1. The molecule has 1 aliphatic carbocycles. The highest BCUT2D eigenvalue weighted by Gasteiger charge is 2.30. The van der Waals surface area contributed by atoms with Crippen LogP contribution in [0.25, 0.3) is 0 Å². The number of rotatable bonds is 3. The second-order valence-electron chi connectivity index (χ2n) is 6.27. The van der Waals surface area contributed by atoms with Crippen LogP contribution >= 0.6 is 11.8 Å². The summed E-state index contributed by atoms with van der Waals surface area (Å²) in [6, 6.07) is 8.55. The first-order valence-corrected chi connectivity index (χ1v) is 9.27. The molecule has 0 aromatic heterocycles. The fraction of sp³-hybridized carbons (Fsp3) is 0.556. The summed E-state index contributed by atoms with van der Waals surface area (Å²) >= 11 is 1.70. The summed E-state index contributed by atoms with van der Waals surface area (Å²) in [5, 5.41) is 0.928. The number of hydrogen-bond donors (Lipinski definition) is 0. The van der Waals surface area contributed by atoms with Gasteiger partial charge in [0.05, 0.1) is 6.54 Å². The number of benzene rings is 1. The van der Waals surface area contributed by atoms with E-state index in [0.717, 1.165) is 36.9 Å². The molecule has 2 aliphatic rings. The Morgan fingerprint density at radius 3 is 2.91 bits per heavy atom. The summed E-state index contributed by atoms with van der Waals surface area (Å²) in [5.41, 5.74) is 2.58. The third-order valence-corrected chi connectivity index (χ3v) is 5.56. The van der Waals surface area contributed by atoms with Crippen LogP contribution in [-0.4, -0.2) is 29.1 Å². The number of hydrogen-bond acceptors (Lipinski definition) is 3. The molecule has 1 saturated carbocycles. The maximum Gasteiger partial charge on any atom is 0.231 e. The molecule has 22 heavy (non-hydrogen) atoms. The lowest BCUT2D eigenvalue weighted by molar-refractivity contribution is -0.132. The quantitative estimate of drug-likeness (QED) is 0.844. The zero-order chi connectivity index (χ0) is 15.4. The number of aryl methyl sites for hydroxylation is 1. The molecule has 0 saturated heterocycles. The van der Waals surface area contributed by atoms with Crippen LogP contribution in [0.2, 0.25) is 0 Å². The van der Waals surface area contributed by atoms with E-state index >= 15 is 0 Å². The van der Waals surface area contributed by atoms with Gasteiger partial charge < -0.3 is 0 Å². The van der Waals surface area contributed by atoms with Crippen LogP contribution < -0.4 is 0 Å². The zero-order valence-electron chi connectivity index (χ0n) is 13.3. The van der Waals surface area contributed by atoms with Gasteiger partial charge in [-0.15, -0.1) is 0 Å². The summed E-state index contributed by atoms with van der Waals surface area (Å²) in [6.07, 6.45) is 5.81. The van der Waals surface area contributed by atoms with E-state index in [9.17, 15) is 4.79 Å². The Hall–Kier alpha value is -1.29. The normalized spacial score (nSPS) is 19.3. The van der Waals surface area contributed by atoms with E-state index in [2.05, 4.69) is 36.2 Å². The first kappa shape index (κ1) is 15.6. The van der Waals surface area contributed by atoms with E-state index < -0.39 is 0 Å². The lowest BCUT2D eigenvalue weighted by atomic mass is 9.88. The molecular weight excluding hydrogens is 292 g/mol. The Morgan fingerprint density at radius 1 is 1.32 bits per heavy atom. The van der Waals surface area contributed by atoms with Crippen LogP contribution in [-0.2, 0) is 10.5 Å². The molecule has 0 bridgehead atoms. The van der Waals surface area contributed by atoms with Gasteiger partial charge >= 0.3 is 0 Å². The van der Waals surface area contributed by atoms with Gasteiger partial charge in [-0.25, -0.2) is 0 Å². The third-order valence-electron chi connectivity index (χ3n) is 4.47. The molecule has 0 unspecified atom stereocenters. The Balaban J connectivity index is 1.59. The van der Waals surface area contributed by atoms with Crippen molar-refractivity contribution in [1.29, 1.82) is 0 Å². The van der Waals surface area contributed by atoms with Crippen LogP contribution in [0.1, 0.15) is 43.2 Å². The Bertz CT molecular complexity index is 564. The Morgan fingerprint density at radius 2 is 2.14 bits per heavy atom. The summed E-state index contributed by atoms with van der Waals surface area (Å²) in [4.78, 5) is 19.2. The van der Waals surface area contributed by atoms with E-state index in [1.54, 1.807) is 11.8 Å². The first-order chi connectivity index (χ1) is 10.7. The van der Waals surface area contributed by atoms with E-state index in [1.165, 1.54) is 30.4 Å². The lowest BCUT2D eigenvalue weighted by Gasteiger charge is -2.26. The fourth-order valence-corrected chi connectivity index (χ4v) is 4.27. The molecule has 0 N–H and O–H groups in total. The molecule has 3 rings (SSSR count). The van der Waals surface area contributed by atoms with E-state index in [4.69, 9.17) is 0 Å². The van der Waals surface area contributed by atoms with Gasteiger partial charge in [0.15, 0.2) is 5.17 Å². The molecule has 1 heterocycles. The van der Waals surface area contributed by atoms with Crippen LogP contribution in [0, 0.1) is 12.8 Å². The minimum absolute atomic E-state index is 0.233. The lowest BCUT2D eigenvalue weighted by Crippen LogP contribution is -2.38. The van der Waals surface area contributed by atoms with Gasteiger partial charge in [-0.05, 0) is 25.3 Å². The van der Waals surface area contributed by atoms with Crippen molar-refractivity contribution >= 4 is 22.8 Å².